The number of hydrogen-bond acceptors (Lipinski definition) is 2. The molecule has 1 aliphatic carbocycles. The average Bonchev–Trinajstić information content (AvgIpc) is 2.79. The number of nitrogens with one attached hydrogen (secondary N) is 1. The molecule has 0 radical (unpaired) electrons. The standard InChI is InChI=1S/C19H23NO/c1-12-5-4-6-15(9-12)11-20-16-10-14(3)18-13(2)7-8-17(21)19(16)18/h4-9,14,16,20-21H,10-11H2,1-3H3. The lowest BCUT2D eigenvalue weighted by Gasteiger charge is -2.16. The van der Waals surface area contributed by atoms with Crippen LogP contribution in [0.25, 0.3) is 0 Å². The quantitative estimate of drug-likeness (QED) is 0.876. The van der Waals surface area contributed by atoms with Crippen molar-refractivity contribution in [2.45, 2.75) is 45.7 Å². The number of phenols is 1. The molecule has 3 rings (SSSR count). The Bertz CT molecular complexity index is 663. The second kappa shape index (κ2) is 5.53. The van der Waals surface area contributed by atoms with Gasteiger partial charge in [-0.25, -0.2) is 0 Å². The van der Waals surface area contributed by atoms with Gasteiger partial charge in [-0.2, -0.15) is 0 Å². The van der Waals surface area contributed by atoms with Crippen LogP contribution < -0.4 is 5.32 Å². The molecule has 0 aliphatic heterocycles. The molecule has 2 N–H and O–H groups in total. The molecule has 0 spiro atoms. The Morgan fingerprint density at radius 2 is 1.95 bits per heavy atom. The molecule has 2 nitrogen and oxygen atoms in total. The van der Waals surface area contributed by atoms with E-state index in [2.05, 4.69) is 50.4 Å². The van der Waals surface area contributed by atoms with Crippen molar-refractivity contribution >= 4 is 0 Å². The fraction of sp³-hybridized carbons (Fsp3) is 0.368. The first-order valence-electron chi connectivity index (χ1n) is 7.67. The zero-order valence-corrected chi connectivity index (χ0v) is 13.0. The van der Waals surface area contributed by atoms with Gasteiger partial charge in [0, 0.05) is 18.2 Å². The Balaban J connectivity index is 1.82. The second-order valence-electron chi connectivity index (χ2n) is 6.29. The van der Waals surface area contributed by atoms with Crippen LogP contribution in [0, 0.1) is 13.8 Å². The SMILES string of the molecule is Cc1cccc(CNC2CC(C)c3c(C)ccc(O)c32)c1. The van der Waals surface area contributed by atoms with Crippen molar-refractivity contribution in [2.24, 2.45) is 0 Å². The van der Waals surface area contributed by atoms with Crippen molar-refractivity contribution in [1.29, 1.82) is 0 Å². The summed E-state index contributed by atoms with van der Waals surface area (Å²) in [7, 11) is 0. The topological polar surface area (TPSA) is 32.3 Å². The molecule has 1 aliphatic rings. The number of benzene rings is 2. The lowest BCUT2D eigenvalue weighted by Crippen LogP contribution is -2.19. The Morgan fingerprint density at radius 3 is 2.71 bits per heavy atom. The summed E-state index contributed by atoms with van der Waals surface area (Å²) >= 11 is 0. The summed E-state index contributed by atoms with van der Waals surface area (Å²) in [5.74, 6) is 0.934. The predicted molar refractivity (Wildman–Crippen MR) is 86.6 cm³/mol. The smallest absolute Gasteiger partial charge is 0.120 e. The minimum Gasteiger partial charge on any atom is -0.508 e. The van der Waals surface area contributed by atoms with E-state index in [1.165, 1.54) is 22.3 Å². The predicted octanol–water partition coefficient (Wildman–Crippen LogP) is 4.35. The highest BCUT2D eigenvalue weighted by Crippen LogP contribution is 2.45. The molecule has 110 valence electrons. The molecule has 0 bridgehead atoms. The molecule has 2 aromatic rings. The van der Waals surface area contributed by atoms with E-state index in [9.17, 15) is 5.11 Å². The molecule has 0 saturated carbocycles. The van der Waals surface area contributed by atoms with Crippen LogP contribution in [0.4, 0.5) is 0 Å². The van der Waals surface area contributed by atoms with Gasteiger partial charge in [-0.3, -0.25) is 0 Å². The maximum Gasteiger partial charge on any atom is 0.120 e. The number of aromatic hydroxyl groups is 1. The van der Waals surface area contributed by atoms with Gasteiger partial charge in [0.05, 0.1) is 0 Å². The monoisotopic (exact) mass is 281 g/mol. The van der Waals surface area contributed by atoms with Gasteiger partial charge >= 0.3 is 0 Å². The van der Waals surface area contributed by atoms with E-state index >= 15 is 0 Å². The Morgan fingerprint density at radius 1 is 1.14 bits per heavy atom. The summed E-state index contributed by atoms with van der Waals surface area (Å²) in [4.78, 5) is 0. The van der Waals surface area contributed by atoms with Crippen LogP contribution in [-0.2, 0) is 6.54 Å². The minimum atomic E-state index is 0.246. The molecule has 0 amide bonds. The number of fused-ring (bicyclic) bond motifs is 1. The van der Waals surface area contributed by atoms with Crippen LogP contribution >= 0.6 is 0 Å². The van der Waals surface area contributed by atoms with E-state index < -0.39 is 0 Å². The van der Waals surface area contributed by atoms with Gasteiger partial charge in [-0.1, -0.05) is 42.8 Å². The molecule has 2 heteroatoms. The summed E-state index contributed by atoms with van der Waals surface area (Å²) in [6, 6.07) is 12.7. The Labute approximate surface area is 126 Å². The van der Waals surface area contributed by atoms with E-state index in [4.69, 9.17) is 0 Å². The molecule has 2 aromatic carbocycles. The van der Waals surface area contributed by atoms with Gasteiger partial charge in [0.25, 0.3) is 0 Å². The van der Waals surface area contributed by atoms with Gasteiger partial charge in [0.2, 0.25) is 0 Å². The molecule has 0 aromatic heterocycles. The third-order valence-corrected chi connectivity index (χ3v) is 4.55. The third kappa shape index (κ3) is 2.68. The van der Waals surface area contributed by atoms with Crippen LogP contribution in [0.2, 0.25) is 0 Å². The van der Waals surface area contributed by atoms with Crippen molar-refractivity contribution in [2.75, 3.05) is 0 Å². The highest BCUT2D eigenvalue weighted by molar-refractivity contribution is 5.50. The summed E-state index contributed by atoms with van der Waals surface area (Å²) in [5.41, 5.74) is 6.30. The lowest BCUT2D eigenvalue weighted by molar-refractivity contribution is 0.445. The molecular weight excluding hydrogens is 258 g/mol. The molecule has 21 heavy (non-hydrogen) atoms. The first kappa shape index (κ1) is 14.2. The van der Waals surface area contributed by atoms with Crippen LogP contribution in [0.3, 0.4) is 0 Å². The third-order valence-electron chi connectivity index (χ3n) is 4.55. The highest BCUT2D eigenvalue weighted by atomic mass is 16.3. The van der Waals surface area contributed by atoms with Gasteiger partial charge in [0.1, 0.15) is 5.75 Å². The van der Waals surface area contributed by atoms with E-state index in [-0.39, 0.29) is 6.04 Å². The lowest BCUT2D eigenvalue weighted by atomic mass is 9.97. The first-order chi connectivity index (χ1) is 10.1. The summed E-state index contributed by atoms with van der Waals surface area (Å²) in [6.07, 6.45) is 1.06. The minimum absolute atomic E-state index is 0.246. The Kier molecular flexibility index (Phi) is 3.73. The van der Waals surface area contributed by atoms with Crippen molar-refractivity contribution in [3.05, 3.63) is 64.2 Å². The van der Waals surface area contributed by atoms with Crippen LogP contribution in [-0.4, -0.2) is 5.11 Å². The molecule has 0 saturated heterocycles. The zero-order chi connectivity index (χ0) is 15.0. The van der Waals surface area contributed by atoms with Crippen molar-refractivity contribution in [3.63, 3.8) is 0 Å². The number of phenolic OH excluding ortho intramolecular Hbond substituents is 1. The van der Waals surface area contributed by atoms with E-state index in [0.717, 1.165) is 18.5 Å². The number of aryl methyl sites for hydroxylation is 2. The normalized spacial score (nSPS) is 20.5. The summed E-state index contributed by atoms with van der Waals surface area (Å²) in [5, 5.41) is 13.9. The van der Waals surface area contributed by atoms with Crippen molar-refractivity contribution in [3.8, 4) is 5.75 Å². The number of hydrogen-bond donors (Lipinski definition) is 2. The van der Waals surface area contributed by atoms with Gasteiger partial charge in [-0.05, 0) is 48.9 Å². The summed E-state index contributed by atoms with van der Waals surface area (Å²) < 4.78 is 0. The van der Waals surface area contributed by atoms with E-state index in [1.54, 1.807) is 0 Å². The molecular formula is C19H23NO. The average molecular weight is 281 g/mol. The zero-order valence-electron chi connectivity index (χ0n) is 13.0. The molecule has 2 unspecified atom stereocenters. The fourth-order valence-corrected chi connectivity index (χ4v) is 3.59. The van der Waals surface area contributed by atoms with Crippen LogP contribution in [0.1, 0.15) is 53.1 Å². The molecule has 2 atom stereocenters. The van der Waals surface area contributed by atoms with Gasteiger partial charge < -0.3 is 10.4 Å². The molecule has 0 heterocycles. The van der Waals surface area contributed by atoms with Crippen LogP contribution in [0.5, 0.6) is 5.75 Å². The van der Waals surface area contributed by atoms with E-state index in [1.807, 2.05) is 12.1 Å². The summed E-state index contributed by atoms with van der Waals surface area (Å²) in [6.45, 7) is 7.34. The first-order valence-corrected chi connectivity index (χ1v) is 7.67. The number of rotatable bonds is 3. The van der Waals surface area contributed by atoms with E-state index in [0.29, 0.717) is 11.7 Å². The molecule has 0 fully saturated rings. The maximum atomic E-state index is 10.2. The highest BCUT2D eigenvalue weighted by Gasteiger charge is 2.31. The Hall–Kier alpha value is -1.80. The van der Waals surface area contributed by atoms with Crippen molar-refractivity contribution < 1.29 is 5.11 Å². The van der Waals surface area contributed by atoms with Gasteiger partial charge in [-0.15, -0.1) is 0 Å². The second-order valence-corrected chi connectivity index (χ2v) is 6.29. The van der Waals surface area contributed by atoms with Crippen LogP contribution in [0.15, 0.2) is 36.4 Å². The largest absolute Gasteiger partial charge is 0.508 e. The van der Waals surface area contributed by atoms with Crippen molar-refractivity contribution in [1.82, 2.24) is 5.32 Å². The van der Waals surface area contributed by atoms with Gasteiger partial charge in [0.15, 0.2) is 0 Å². The fourth-order valence-electron chi connectivity index (χ4n) is 3.59. The maximum absolute atomic E-state index is 10.2.